The topological polar surface area (TPSA) is 68.3 Å². The van der Waals surface area contributed by atoms with Crippen LogP contribution in [-0.4, -0.2) is 68.8 Å². The first kappa shape index (κ1) is 19.9. The van der Waals surface area contributed by atoms with Crippen molar-refractivity contribution in [3.63, 3.8) is 0 Å². The zero-order valence-corrected chi connectivity index (χ0v) is 16.0. The standard InChI is InChI=1S/C19H28N2O5/c1-5-26-19(23)21-8-6-7-20(9-10-21)18(22)13-15-12-17(25-4)16(24-3)11-14(15)2/h11-12H,5-10,13H2,1-4H3. The maximum absolute atomic E-state index is 12.7. The lowest BCUT2D eigenvalue weighted by atomic mass is 10.0. The largest absolute Gasteiger partial charge is 0.493 e. The second-order valence-corrected chi connectivity index (χ2v) is 6.23. The summed E-state index contributed by atoms with van der Waals surface area (Å²) >= 11 is 0. The Kier molecular flexibility index (Phi) is 7.12. The van der Waals surface area contributed by atoms with Gasteiger partial charge in [-0.3, -0.25) is 4.79 Å². The zero-order chi connectivity index (χ0) is 19.1. The molecule has 1 heterocycles. The summed E-state index contributed by atoms with van der Waals surface area (Å²) < 4.78 is 15.7. The van der Waals surface area contributed by atoms with Crippen LogP contribution in [0.2, 0.25) is 0 Å². The number of aryl methyl sites for hydroxylation is 1. The molecule has 0 atom stereocenters. The van der Waals surface area contributed by atoms with Crippen molar-refractivity contribution in [3.8, 4) is 11.5 Å². The van der Waals surface area contributed by atoms with Crippen LogP contribution in [0, 0.1) is 6.92 Å². The van der Waals surface area contributed by atoms with Crippen molar-refractivity contribution < 1.29 is 23.8 Å². The Morgan fingerprint density at radius 1 is 1.00 bits per heavy atom. The maximum Gasteiger partial charge on any atom is 0.409 e. The first-order valence-corrected chi connectivity index (χ1v) is 8.91. The quantitative estimate of drug-likeness (QED) is 0.802. The number of rotatable bonds is 5. The minimum atomic E-state index is -0.308. The van der Waals surface area contributed by atoms with Crippen LogP contribution in [0.15, 0.2) is 12.1 Å². The van der Waals surface area contributed by atoms with Gasteiger partial charge in [0, 0.05) is 26.2 Å². The molecule has 0 radical (unpaired) electrons. The summed E-state index contributed by atoms with van der Waals surface area (Å²) in [5, 5.41) is 0. The molecule has 1 aromatic carbocycles. The Bertz CT molecular complexity index is 647. The van der Waals surface area contributed by atoms with Gasteiger partial charge in [0.05, 0.1) is 27.2 Å². The Morgan fingerprint density at radius 3 is 2.27 bits per heavy atom. The number of benzene rings is 1. The average molecular weight is 364 g/mol. The minimum absolute atomic E-state index is 0.0472. The average Bonchev–Trinajstić information content (AvgIpc) is 2.89. The van der Waals surface area contributed by atoms with Gasteiger partial charge in [-0.2, -0.15) is 0 Å². The van der Waals surface area contributed by atoms with Crippen molar-refractivity contribution >= 4 is 12.0 Å². The molecule has 1 saturated heterocycles. The van der Waals surface area contributed by atoms with Crippen LogP contribution >= 0.6 is 0 Å². The van der Waals surface area contributed by atoms with E-state index in [1.54, 1.807) is 26.0 Å². The highest BCUT2D eigenvalue weighted by atomic mass is 16.6. The third-order valence-electron chi connectivity index (χ3n) is 4.56. The third kappa shape index (κ3) is 4.80. The number of nitrogens with zero attached hydrogens (tertiary/aromatic N) is 2. The summed E-state index contributed by atoms with van der Waals surface area (Å²) in [5.74, 6) is 1.32. The van der Waals surface area contributed by atoms with Crippen LogP contribution in [0.5, 0.6) is 11.5 Å². The predicted octanol–water partition coefficient (Wildman–Crippen LogP) is 2.25. The Labute approximate surface area is 154 Å². The van der Waals surface area contributed by atoms with E-state index in [1.165, 1.54) is 0 Å². The number of methoxy groups -OCH3 is 2. The molecule has 1 aromatic rings. The van der Waals surface area contributed by atoms with Gasteiger partial charge in [-0.15, -0.1) is 0 Å². The van der Waals surface area contributed by atoms with Crippen LogP contribution in [0.4, 0.5) is 4.79 Å². The van der Waals surface area contributed by atoms with Crippen LogP contribution < -0.4 is 9.47 Å². The SMILES string of the molecule is CCOC(=O)N1CCCN(C(=O)Cc2cc(OC)c(OC)cc2C)CC1. The van der Waals surface area contributed by atoms with E-state index in [1.807, 2.05) is 24.0 Å². The van der Waals surface area contributed by atoms with Crippen LogP contribution in [0.1, 0.15) is 24.5 Å². The van der Waals surface area contributed by atoms with Gasteiger partial charge in [-0.1, -0.05) is 0 Å². The molecule has 1 aliphatic rings. The molecule has 0 spiro atoms. The molecule has 7 nitrogen and oxygen atoms in total. The highest BCUT2D eigenvalue weighted by molar-refractivity contribution is 5.79. The number of hydrogen-bond donors (Lipinski definition) is 0. The number of ether oxygens (including phenoxy) is 3. The van der Waals surface area contributed by atoms with E-state index in [9.17, 15) is 9.59 Å². The summed E-state index contributed by atoms with van der Waals surface area (Å²) in [6.45, 7) is 6.36. The highest BCUT2D eigenvalue weighted by Gasteiger charge is 2.23. The molecular formula is C19H28N2O5. The summed E-state index contributed by atoms with van der Waals surface area (Å²) in [5.41, 5.74) is 1.90. The monoisotopic (exact) mass is 364 g/mol. The fourth-order valence-corrected chi connectivity index (χ4v) is 3.05. The molecule has 1 fully saturated rings. The van der Waals surface area contributed by atoms with Gasteiger partial charge in [0.2, 0.25) is 5.91 Å². The lowest BCUT2D eigenvalue weighted by Gasteiger charge is -2.22. The Hall–Kier alpha value is -2.44. The van der Waals surface area contributed by atoms with Crippen molar-refractivity contribution in [3.05, 3.63) is 23.3 Å². The molecule has 0 aromatic heterocycles. The molecule has 144 valence electrons. The molecular weight excluding hydrogens is 336 g/mol. The summed E-state index contributed by atoms with van der Waals surface area (Å²) in [7, 11) is 3.17. The van der Waals surface area contributed by atoms with Crippen LogP contribution in [0.25, 0.3) is 0 Å². The molecule has 0 aliphatic carbocycles. The summed E-state index contributed by atoms with van der Waals surface area (Å²) in [6.07, 6.45) is 0.735. The second kappa shape index (κ2) is 9.31. The molecule has 0 saturated carbocycles. The lowest BCUT2D eigenvalue weighted by Crippen LogP contribution is -2.38. The highest BCUT2D eigenvalue weighted by Crippen LogP contribution is 2.30. The van der Waals surface area contributed by atoms with Crippen LogP contribution in [0.3, 0.4) is 0 Å². The summed E-state index contributed by atoms with van der Waals surface area (Å²) in [6, 6.07) is 3.74. The van der Waals surface area contributed by atoms with Crippen LogP contribution in [-0.2, 0) is 16.0 Å². The number of amides is 2. The Balaban J connectivity index is 2.03. The van der Waals surface area contributed by atoms with E-state index >= 15 is 0 Å². The van der Waals surface area contributed by atoms with Gasteiger partial charge in [0.15, 0.2) is 11.5 Å². The fourth-order valence-electron chi connectivity index (χ4n) is 3.05. The second-order valence-electron chi connectivity index (χ2n) is 6.23. The number of carbonyl (C=O) groups is 2. The van der Waals surface area contributed by atoms with E-state index in [2.05, 4.69) is 0 Å². The van der Waals surface area contributed by atoms with Crippen molar-refractivity contribution in [2.45, 2.75) is 26.7 Å². The van der Waals surface area contributed by atoms with Gasteiger partial charge in [-0.05, 0) is 43.5 Å². The van der Waals surface area contributed by atoms with Gasteiger partial charge in [0.25, 0.3) is 0 Å². The molecule has 1 aliphatic heterocycles. The van der Waals surface area contributed by atoms with E-state index in [0.717, 1.165) is 17.5 Å². The molecule has 7 heteroatoms. The van der Waals surface area contributed by atoms with Gasteiger partial charge < -0.3 is 24.0 Å². The Morgan fingerprint density at radius 2 is 1.62 bits per heavy atom. The summed E-state index contributed by atoms with van der Waals surface area (Å²) in [4.78, 5) is 28.1. The van der Waals surface area contributed by atoms with Crippen molar-refractivity contribution in [1.29, 1.82) is 0 Å². The first-order chi connectivity index (χ1) is 12.5. The van der Waals surface area contributed by atoms with Crippen molar-refractivity contribution in [2.75, 3.05) is 47.0 Å². The number of carbonyl (C=O) groups excluding carboxylic acids is 2. The van der Waals surface area contributed by atoms with Gasteiger partial charge in [0.1, 0.15) is 0 Å². The number of hydrogen-bond acceptors (Lipinski definition) is 5. The predicted molar refractivity (Wildman–Crippen MR) is 97.8 cm³/mol. The fraction of sp³-hybridized carbons (Fsp3) is 0.579. The molecule has 26 heavy (non-hydrogen) atoms. The molecule has 2 amide bonds. The zero-order valence-electron chi connectivity index (χ0n) is 16.0. The van der Waals surface area contributed by atoms with Crippen molar-refractivity contribution in [1.82, 2.24) is 9.80 Å². The normalized spacial score (nSPS) is 14.6. The van der Waals surface area contributed by atoms with E-state index in [4.69, 9.17) is 14.2 Å². The van der Waals surface area contributed by atoms with E-state index in [-0.39, 0.29) is 12.0 Å². The molecule has 0 bridgehead atoms. The maximum atomic E-state index is 12.7. The van der Waals surface area contributed by atoms with Gasteiger partial charge >= 0.3 is 6.09 Å². The smallest absolute Gasteiger partial charge is 0.409 e. The van der Waals surface area contributed by atoms with E-state index < -0.39 is 0 Å². The van der Waals surface area contributed by atoms with Crippen molar-refractivity contribution in [2.24, 2.45) is 0 Å². The lowest BCUT2D eigenvalue weighted by molar-refractivity contribution is -0.130. The molecule has 0 N–H and O–H groups in total. The van der Waals surface area contributed by atoms with Gasteiger partial charge in [-0.25, -0.2) is 4.79 Å². The van der Waals surface area contributed by atoms with E-state index in [0.29, 0.717) is 50.7 Å². The molecule has 2 rings (SSSR count). The first-order valence-electron chi connectivity index (χ1n) is 8.91. The molecule has 0 unspecified atom stereocenters. The minimum Gasteiger partial charge on any atom is -0.493 e. The third-order valence-corrected chi connectivity index (χ3v) is 4.56.